The number of rotatable bonds is 7. The van der Waals surface area contributed by atoms with Crippen molar-refractivity contribution in [3.8, 4) is 11.5 Å². The van der Waals surface area contributed by atoms with Crippen LogP contribution in [-0.2, 0) is 15.6 Å². The third-order valence-corrected chi connectivity index (χ3v) is 7.83. The molecule has 1 heterocycles. The molecular weight excluding hydrogens is 418 g/mol. The lowest BCUT2D eigenvalue weighted by Crippen LogP contribution is -2.52. The first-order valence-corrected chi connectivity index (χ1v) is 11.5. The van der Waals surface area contributed by atoms with Crippen LogP contribution in [0.5, 0.6) is 11.5 Å². The van der Waals surface area contributed by atoms with Gasteiger partial charge in [-0.15, -0.1) is 0 Å². The van der Waals surface area contributed by atoms with Crippen LogP contribution < -0.4 is 10.1 Å². The molecule has 0 atom stereocenters. The van der Waals surface area contributed by atoms with Gasteiger partial charge in [0.05, 0.1) is 7.11 Å². The second-order valence-electron chi connectivity index (χ2n) is 7.87. The van der Waals surface area contributed by atoms with Gasteiger partial charge in [0, 0.05) is 39.1 Å². The lowest BCUT2D eigenvalue weighted by molar-refractivity contribution is 0.0926. The van der Waals surface area contributed by atoms with Crippen molar-refractivity contribution in [1.29, 1.82) is 0 Å². The Labute approximate surface area is 183 Å². The summed E-state index contributed by atoms with van der Waals surface area (Å²) in [6.07, 6.45) is 1.12. The first-order valence-electron chi connectivity index (χ1n) is 10.1. The zero-order chi connectivity index (χ0) is 22.6. The number of benzene rings is 2. The Bertz CT molecular complexity index is 1020. The van der Waals surface area contributed by atoms with Crippen molar-refractivity contribution in [2.24, 2.45) is 0 Å². The van der Waals surface area contributed by atoms with Gasteiger partial charge in [-0.1, -0.05) is 36.4 Å². The number of piperidine rings is 1. The largest absolute Gasteiger partial charge is 0.507 e. The highest BCUT2D eigenvalue weighted by Gasteiger charge is 2.40. The summed E-state index contributed by atoms with van der Waals surface area (Å²) < 4.78 is 33.0. The number of hydrogen-bond donors (Lipinski definition) is 2. The molecule has 3 rings (SSSR count). The molecule has 1 saturated heterocycles. The number of carbonyl (C=O) groups is 1. The van der Waals surface area contributed by atoms with Crippen LogP contribution in [0.4, 0.5) is 0 Å². The molecule has 0 spiro atoms. The molecule has 0 radical (unpaired) electrons. The van der Waals surface area contributed by atoms with Gasteiger partial charge < -0.3 is 15.2 Å². The summed E-state index contributed by atoms with van der Waals surface area (Å²) in [6.45, 7) is 1.01. The van der Waals surface area contributed by atoms with E-state index in [9.17, 15) is 18.3 Å². The van der Waals surface area contributed by atoms with E-state index in [1.165, 1.54) is 35.9 Å². The normalized spacial score (nSPS) is 16.8. The monoisotopic (exact) mass is 447 g/mol. The van der Waals surface area contributed by atoms with E-state index in [1.807, 2.05) is 30.3 Å². The molecule has 1 aliphatic heterocycles. The Morgan fingerprint density at radius 2 is 1.77 bits per heavy atom. The van der Waals surface area contributed by atoms with Gasteiger partial charge in [0.25, 0.3) is 16.1 Å². The van der Waals surface area contributed by atoms with E-state index >= 15 is 0 Å². The molecule has 1 aliphatic rings. The molecular formula is C22H29N3O5S. The summed E-state index contributed by atoms with van der Waals surface area (Å²) >= 11 is 0. The van der Waals surface area contributed by atoms with Crippen molar-refractivity contribution in [1.82, 2.24) is 13.9 Å². The van der Waals surface area contributed by atoms with Crippen molar-refractivity contribution in [3.05, 3.63) is 59.7 Å². The van der Waals surface area contributed by atoms with E-state index in [0.29, 0.717) is 32.5 Å². The Morgan fingerprint density at radius 1 is 1.13 bits per heavy atom. The van der Waals surface area contributed by atoms with E-state index in [1.54, 1.807) is 12.1 Å². The SMILES string of the molecule is COc1cccc(O)c1C(=O)NCC1(c2ccccc2)CCN(S(=O)(=O)N(C)C)CC1. The van der Waals surface area contributed by atoms with Gasteiger partial charge in [0.2, 0.25) is 0 Å². The number of methoxy groups -OCH3 is 1. The Hall–Kier alpha value is -2.62. The summed E-state index contributed by atoms with van der Waals surface area (Å²) in [5.74, 6) is -0.302. The minimum absolute atomic E-state index is 0.0841. The highest BCUT2D eigenvalue weighted by atomic mass is 32.2. The number of carbonyl (C=O) groups excluding carboxylic acids is 1. The van der Waals surface area contributed by atoms with Crippen LogP contribution in [0.1, 0.15) is 28.8 Å². The highest BCUT2D eigenvalue weighted by molar-refractivity contribution is 7.86. The number of ether oxygens (including phenoxy) is 1. The maximum absolute atomic E-state index is 12.9. The highest BCUT2D eigenvalue weighted by Crippen LogP contribution is 2.36. The van der Waals surface area contributed by atoms with Gasteiger partial charge in [0.15, 0.2) is 0 Å². The average molecular weight is 448 g/mol. The van der Waals surface area contributed by atoms with E-state index in [0.717, 1.165) is 5.56 Å². The molecule has 0 saturated carbocycles. The van der Waals surface area contributed by atoms with Crippen molar-refractivity contribution in [2.45, 2.75) is 18.3 Å². The van der Waals surface area contributed by atoms with E-state index in [4.69, 9.17) is 4.74 Å². The second-order valence-corrected chi connectivity index (χ2v) is 10.0. The van der Waals surface area contributed by atoms with E-state index in [2.05, 4.69) is 5.32 Å². The predicted octanol–water partition coefficient (Wildman–Crippen LogP) is 1.97. The summed E-state index contributed by atoms with van der Waals surface area (Å²) in [5, 5.41) is 13.1. The van der Waals surface area contributed by atoms with Crippen LogP contribution >= 0.6 is 0 Å². The first kappa shape index (κ1) is 23.1. The molecule has 9 heteroatoms. The Balaban J connectivity index is 1.83. The molecule has 1 fully saturated rings. The van der Waals surface area contributed by atoms with Crippen LogP contribution in [0.15, 0.2) is 48.5 Å². The smallest absolute Gasteiger partial charge is 0.281 e. The topological polar surface area (TPSA) is 99.2 Å². The quantitative estimate of drug-likeness (QED) is 0.676. The van der Waals surface area contributed by atoms with Crippen LogP contribution in [0, 0.1) is 0 Å². The minimum Gasteiger partial charge on any atom is -0.507 e. The second kappa shape index (κ2) is 9.25. The molecule has 8 nitrogen and oxygen atoms in total. The van der Waals surface area contributed by atoms with Crippen molar-refractivity contribution < 1.29 is 23.1 Å². The molecule has 0 aliphatic carbocycles. The van der Waals surface area contributed by atoms with Crippen LogP contribution in [0.2, 0.25) is 0 Å². The van der Waals surface area contributed by atoms with Crippen molar-refractivity contribution >= 4 is 16.1 Å². The third-order valence-electron chi connectivity index (χ3n) is 5.89. The zero-order valence-electron chi connectivity index (χ0n) is 18.0. The molecule has 0 unspecified atom stereocenters. The lowest BCUT2D eigenvalue weighted by Gasteiger charge is -2.42. The number of nitrogens with one attached hydrogen (secondary N) is 1. The average Bonchev–Trinajstić information content (AvgIpc) is 2.78. The number of aromatic hydroxyl groups is 1. The van der Waals surface area contributed by atoms with Gasteiger partial charge in [-0.3, -0.25) is 4.79 Å². The first-order chi connectivity index (χ1) is 14.7. The van der Waals surface area contributed by atoms with E-state index < -0.39 is 21.5 Å². The number of hydrogen-bond acceptors (Lipinski definition) is 5. The molecule has 2 aromatic carbocycles. The van der Waals surface area contributed by atoms with Gasteiger partial charge in [-0.05, 0) is 30.5 Å². The fraction of sp³-hybridized carbons (Fsp3) is 0.409. The number of phenolic OH excluding ortho intramolecular Hbond substituents is 1. The maximum atomic E-state index is 12.9. The molecule has 1 amide bonds. The van der Waals surface area contributed by atoms with Gasteiger partial charge >= 0.3 is 0 Å². The van der Waals surface area contributed by atoms with Crippen LogP contribution in [0.25, 0.3) is 0 Å². The number of nitrogens with zero attached hydrogens (tertiary/aromatic N) is 2. The Kier molecular flexibility index (Phi) is 6.88. The maximum Gasteiger partial charge on any atom is 0.281 e. The number of amides is 1. The fourth-order valence-corrected chi connectivity index (χ4v) is 5.10. The summed E-state index contributed by atoms with van der Waals surface area (Å²) in [7, 11) is 0.995. The summed E-state index contributed by atoms with van der Waals surface area (Å²) in [4.78, 5) is 12.9. The van der Waals surface area contributed by atoms with Crippen LogP contribution in [0.3, 0.4) is 0 Å². The van der Waals surface area contributed by atoms with Gasteiger partial charge in [0.1, 0.15) is 17.1 Å². The van der Waals surface area contributed by atoms with Crippen molar-refractivity contribution in [3.63, 3.8) is 0 Å². The van der Waals surface area contributed by atoms with Crippen LogP contribution in [-0.4, -0.2) is 68.9 Å². The zero-order valence-corrected chi connectivity index (χ0v) is 18.9. The standard InChI is InChI=1S/C22H29N3O5S/c1-24(2)31(28,29)25-14-12-22(13-15-25,17-8-5-4-6-9-17)16-23-21(27)20-18(26)10-7-11-19(20)30-3/h4-11,26H,12-16H2,1-3H3,(H,23,27). The molecule has 31 heavy (non-hydrogen) atoms. The predicted molar refractivity (Wildman–Crippen MR) is 119 cm³/mol. The molecule has 2 aromatic rings. The fourth-order valence-electron chi connectivity index (χ4n) is 3.99. The van der Waals surface area contributed by atoms with E-state index in [-0.39, 0.29) is 17.1 Å². The molecule has 168 valence electrons. The minimum atomic E-state index is -3.49. The molecule has 2 N–H and O–H groups in total. The lowest BCUT2D eigenvalue weighted by atomic mass is 9.73. The van der Waals surface area contributed by atoms with Gasteiger partial charge in [-0.25, -0.2) is 0 Å². The third kappa shape index (κ3) is 4.68. The molecule has 0 aromatic heterocycles. The van der Waals surface area contributed by atoms with Crippen molar-refractivity contribution in [2.75, 3.05) is 40.8 Å². The molecule has 0 bridgehead atoms. The Morgan fingerprint density at radius 3 is 2.35 bits per heavy atom. The summed E-state index contributed by atoms with van der Waals surface area (Å²) in [5.41, 5.74) is 0.703. The van der Waals surface area contributed by atoms with Gasteiger partial charge in [-0.2, -0.15) is 17.0 Å². The summed E-state index contributed by atoms with van der Waals surface area (Å²) in [6, 6.07) is 14.5. The number of phenols is 1.